The van der Waals surface area contributed by atoms with Crippen molar-refractivity contribution in [2.75, 3.05) is 18.5 Å². The maximum atomic E-state index is 12.7. The molecule has 30 heavy (non-hydrogen) atoms. The molecule has 0 spiro atoms. The zero-order chi connectivity index (χ0) is 21.7. The molecule has 2 aromatic carbocycles. The first-order valence-corrected chi connectivity index (χ1v) is 9.99. The van der Waals surface area contributed by atoms with E-state index in [1.165, 1.54) is 0 Å². The number of aromatic nitrogens is 2. The van der Waals surface area contributed by atoms with Crippen LogP contribution >= 0.6 is 11.6 Å². The molecule has 0 aliphatic heterocycles. The van der Waals surface area contributed by atoms with E-state index >= 15 is 0 Å². The van der Waals surface area contributed by atoms with Crippen LogP contribution in [0, 0.1) is 0 Å². The summed E-state index contributed by atoms with van der Waals surface area (Å²) in [4.78, 5) is 12.7. The van der Waals surface area contributed by atoms with E-state index in [1.807, 2.05) is 19.9 Å². The second kappa shape index (κ2) is 9.65. The van der Waals surface area contributed by atoms with Crippen LogP contribution in [0.4, 0.5) is 5.69 Å². The van der Waals surface area contributed by atoms with Crippen LogP contribution < -0.4 is 20.5 Å². The second-order valence-electron chi connectivity index (χ2n) is 6.96. The molecule has 3 rings (SSSR count). The lowest BCUT2D eigenvalue weighted by molar-refractivity contribution is 0.102. The number of anilines is 1. The number of carbonyl (C=O) groups excluding carboxylic acids is 1. The highest BCUT2D eigenvalue weighted by Gasteiger charge is 2.16. The fourth-order valence-electron chi connectivity index (χ4n) is 2.96. The monoisotopic (exact) mass is 428 g/mol. The minimum Gasteiger partial charge on any atom is -0.492 e. The summed E-state index contributed by atoms with van der Waals surface area (Å²) in [6, 6.07) is 12.4. The molecule has 0 saturated carbocycles. The average Bonchev–Trinajstić information content (AvgIpc) is 3.05. The van der Waals surface area contributed by atoms with Crippen LogP contribution in [0.3, 0.4) is 0 Å². The maximum Gasteiger partial charge on any atom is 0.255 e. The number of nitrogens with zero attached hydrogens (tertiary/aromatic N) is 2. The first-order chi connectivity index (χ1) is 14.4. The Hall–Kier alpha value is -3.03. The van der Waals surface area contributed by atoms with Crippen LogP contribution in [-0.4, -0.2) is 34.9 Å². The van der Waals surface area contributed by atoms with E-state index in [4.69, 9.17) is 26.8 Å². The van der Waals surface area contributed by atoms with E-state index in [9.17, 15) is 4.79 Å². The van der Waals surface area contributed by atoms with Crippen LogP contribution in [0.15, 0.2) is 48.7 Å². The number of amides is 1. The molecule has 0 saturated heterocycles. The molecule has 1 aromatic heterocycles. The summed E-state index contributed by atoms with van der Waals surface area (Å²) < 4.78 is 13.0. The third-order valence-corrected chi connectivity index (χ3v) is 4.53. The van der Waals surface area contributed by atoms with Gasteiger partial charge in [0.25, 0.3) is 5.91 Å². The molecular formula is C22H25ClN4O3. The SMILES string of the molecule is CC(C)Oc1ccc(C(=O)Nc2ccc(OCCN)c(-c3c(Cl)cnn3C)c2)cc1. The Balaban J connectivity index is 1.85. The van der Waals surface area contributed by atoms with Crippen molar-refractivity contribution in [2.24, 2.45) is 12.8 Å². The zero-order valence-electron chi connectivity index (χ0n) is 17.2. The van der Waals surface area contributed by atoms with Gasteiger partial charge in [-0.05, 0) is 56.3 Å². The van der Waals surface area contributed by atoms with Crippen LogP contribution in [-0.2, 0) is 7.05 Å². The lowest BCUT2D eigenvalue weighted by Crippen LogP contribution is -2.13. The van der Waals surface area contributed by atoms with Crippen molar-refractivity contribution in [3.8, 4) is 22.8 Å². The Kier molecular flexibility index (Phi) is 6.97. The topological polar surface area (TPSA) is 91.4 Å². The van der Waals surface area contributed by atoms with Gasteiger partial charge in [0, 0.05) is 30.4 Å². The van der Waals surface area contributed by atoms with Gasteiger partial charge in [0.05, 0.1) is 23.0 Å². The fourth-order valence-corrected chi connectivity index (χ4v) is 3.23. The van der Waals surface area contributed by atoms with Gasteiger partial charge in [-0.15, -0.1) is 0 Å². The Morgan fingerprint density at radius 3 is 2.57 bits per heavy atom. The van der Waals surface area contributed by atoms with Crippen molar-refractivity contribution in [3.05, 3.63) is 59.2 Å². The number of halogens is 1. The molecule has 1 heterocycles. The molecule has 0 bridgehead atoms. The Bertz CT molecular complexity index is 996. The smallest absolute Gasteiger partial charge is 0.255 e. The molecule has 3 aromatic rings. The number of rotatable bonds is 8. The molecule has 1 amide bonds. The number of ether oxygens (including phenoxy) is 2. The van der Waals surface area contributed by atoms with Gasteiger partial charge >= 0.3 is 0 Å². The fraction of sp³-hybridized carbons (Fsp3) is 0.273. The summed E-state index contributed by atoms with van der Waals surface area (Å²) in [5.74, 6) is 1.10. The number of hydrogen-bond donors (Lipinski definition) is 2. The van der Waals surface area contributed by atoms with Gasteiger partial charge < -0.3 is 20.5 Å². The van der Waals surface area contributed by atoms with Gasteiger partial charge in [-0.2, -0.15) is 5.10 Å². The lowest BCUT2D eigenvalue weighted by atomic mass is 10.1. The quantitative estimate of drug-likeness (QED) is 0.563. The molecule has 3 N–H and O–H groups in total. The van der Waals surface area contributed by atoms with Gasteiger partial charge in [-0.3, -0.25) is 9.48 Å². The summed E-state index contributed by atoms with van der Waals surface area (Å²) in [6.07, 6.45) is 1.64. The van der Waals surface area contributed by atoms with E-state index < -0.39 is 0 Å². The van der Waals surface area contributed by atoms with E-state index in [0.717, 1.165) is 5.75 Å². The maximum absolute atomic E-state index is 12.7. The van der Waals surface area contributed by atoms with Crippen molar-refractivity contribution < 1.29 is 14.3 Å². The molecule has 0 atom stereocenters. The summed E-state index contributed by atoms with van der Waals surface area (Å²) >= 11 is 6.33. The van der Waals surface area contributed by atoms with Crippen molar-refractivity contribution in [3.63, 3.8) is 0 Å². The molecule has 0 aliphatic carbocycles. The van der Waals surface area contributed by atoms with Gasteiger partial charge in [0.2, 0.25) is 0 Å². The summed E-state index contributed by atoms with van der Waals surface area (Å²) in [5.41, 5.74) is 8.10. The number of nitrogens with two attached hydrogens (primary N) is 1. The van der Waals surface area contributed by atoms with Gasteiger partial charge in [-0.25, -0.2) is 0 Å². The lowest BCUT2D eigenvalue weighted by Gasteiger charge is -2.14. The number of aryl methyl sites for hydroxylation is 1. The Morgan fingerprint density at radius 2 is 1.97 bits per heavy atom. The molecular weight excluding hydrogens is 404 g/mol. The molecule has 8 heteroatoms. The molecule has 0 fully saturated rings. The van der Waals surface area contributed by atoms with Gasteiger partial charge in [0.15, 0.2) is 0 Å². The van der Waals surface area contributed by atoms with Crippen LogP contribution in [0.25, 0.3) is 11.3 Å². The first kappa shape index (κ1) is 21.7. The standard InChI is InChI=1S/C22H25ClN4O3/c1-14(2)30-17-7-4-15(5-8-17)22(28)26-16-6-9-20(29-11-10-24)18(12-16)21-19(23)13-25-27(21)3/h4-9,12-14H,10-11,24H2,1-3H3,(H,26,28). The Morgan fingerprint density at radius 1 is 1.23 bits per heavy atom. The number of carbonyl (C=O) groups is 1. The zero-order valence-corrected chi connectivity index (χ0v) is 17.9. The van der Waals surface area contributed by atoms with Crippen LogP contribution in [0.5, 0.6) is 11.5 Å². The van der Waals surface area contributed by atoms with Crippen molar-refractivity contribution in [2.45, 2.75) is 20.0 Å². The predicted molar refractivity (Wildman–Crippen MR) is 118 cm³/mol. The molecule has 7 nitrogen and oxygen atoms in total. The highest BCUT2D eigenvalue weighted by atomic mass is 35.5. The predicted octanol–water partition coefficient (Wildman–Crippen LogP) is 4.12. The van der Waals surface area contributed by atoms with E-state index in [1.54, 1.807) is 54.3 Å². The third-order valence-electron chi connectivity index (χ3n) is 4.25. The Labute approximate surface area is 180 Å². The molecule has 0 radical (unpaired) electrons. The van der Waals surface area contributed by atoms with E-state index in [0.29, 0.717) is 46.4 Å². The largest absolute Gasteiger partial charge is 0.492 e. The minimum atomic E-state index is -0.233. The summed E-state index contributed by atoms with van der Waals surface area (Å²) in [7, 11) is 1.79. The van der Waals surface area contributed by atoms with Crippen molar-refractivity contribution >= 4 is 23.2 Å². The van der Waals surface area contributed by atoms with E-state index in [-0.39, 0.29) is 12.0 Å². The highest BCUT2D eigenvalue weighted by molar-refractivity contribution is 6.33. The summed E-state index contributed by atoms with van der Waals surface area (Å²) in [6.45, 7) is 4.65. The van der Waals surface area contributed by atoms with Crippen LogP contribution in [0.2, 0.25) is 5.02 Å². The normalized spacial score (nSPS) is 10.9. The highest BCUT2D eigenvalue weighted by Crippen LogP contribution is 2.36. The number of nitrogens with one attached hydrogen (secondary N) is 1. The minimum absolute atomic E-state index is 0.0712. The molecule has 0 unspecified atom stereocenters. The average molecular weight is 429 g/mol. The van der Waals surface area contributed by atoms with E-state index in [2.05, 4.69) is 10.4 Å². The first-order valence-electron chi connectivity index (χ1n) is 9.62. The van der Waals surface area contributed by atoms with Crippen molar-refractivity contribution in [1.29, 1.82) is 0 Å². The molecule has 158 valence electrons. The van der Waals surface area contributed by atoms with Crippen molar-refractivity contribution in [1.82, 2.24) is 9.78 Å². The van der Waals surface area contributed by atoms with Gasteiger partial charge in [-0.1, -0.05) is 11.6 Å². The van der Waals surface area contributed by atoms with Crippen LogP contribution in [0.1, 0.15) is 24.2 Å². The van der Waals surface area contributed by atoms with Gasteiger partial charge in [0.1, 0.15) is 18.1 Å². The second-order valence-corrected chi connectivity index (χ2v) is 7.37. The number of benzene rings is 2. The number of hydrogen-bond acceptors (Lipinski definition) is 5. The summed E-state index contributed by atoms with van der Waals surface area (Å²) in [5, 5.41) is 7.58. The third kappa shape index (κ3) is 5.11. The molecule has 0 aliphatic rings.